The van der Waals surface area contributed by atoms with Crippen molar-refractivity contribution in [3.05, 3.63) is 31.9 Å². The molecule has 1 N–H and O–H groups in total. The molecular weight excluding hydrogens is 339 g/mol. The Kier molecular flexibility index (Phi) is 5.59. The molecule has 7 heteroatoms. The topological polar surface area (TPSA) is 73.6 Å². The summed E-state index contributed by atoms with van der Waals surface area (Å²) in [6, 6.07) is 4.98. The van der Waals surface area contributed by atoms with Gasteiger partial charge >= 0.3 is 0 Å². The normalized spacial score (nSPS) is 10.6. The Morgan fingerprint density at radius 3 is 2.65 bits per heavy atom. The number of halogens is 1. The van der Waals surface area contributed by atoms with Gasteiger partial charge < -0.3 is 14.8 Å². The zero-order chi connectivity index (χ0) is 12.8. The zero-order valence-corrected chi connectivity index (χ0v) is 11.6. The second kappa shape index (κ2) is 6.72. The van der Waals surface area contributed by atoms with Gasteiger partial charge in [0.05, 0.1) is 11.5 Å². The van der Waals surface area contributed by atoms with E-state index in [0.717, 1.165) is 3.57 Å². The van der Waals surface area contributed by atoms with Crippen LogP contribution in [0.2, 0.25) is 0 Å². The summed E-state index contributed by atoms with van der Waals surface area (Å²) in [5.41, 5.74) is 0.498. The van der Waals surface area contributed by atoms with Crippen LogP contribution in [0.25, 0.3) is 0 Å². The average Bonchev–Trinajstić information content (AvgIpc) is 2.31. The molecule has 94 valence electrons. The minimum atomic E-state index is -0.436. The van der Waals surface area contributed by atoms with E-state index < -0.39 is 11.2 Å². The predicted octanol–water partition coefficient (Wildman–Crippen LogP) is 2.23. The quantitative estimate of drug-likeness (QED) is 0.368. The van der Waals surface area contributed by atoms with Crippen LogP contribution in [0, 0.1) is 13.7 Å². The van der Waals surface area contributed by atoms with Crippen LogP contribution in [0.1, 0.15) is 0 Å². The number of ether oxygens (including phenoxy) is 2. The van der Waals surface area contributed by atoms with E-state index in [9.17, 15) is 10.1 Å². The number of hydrogen-bond donors (Lipinski definition) is 1. The molecule has 1 aromatic carbocycles. The number of nitrogens with one attached hydrogen (secondary N) is 1. The molecule has 0 bridgehead atoms. The largest absolute Gasteiger partial charge is 0.374 e. The average molecular weight is 352 g/mol. The van der Waals surface area contributed by atoms with E-state index in [0.29, 0.717) is 12.2 Å². The summed E-state index contributed by atoms with van der Waals surface area (Å²) >= 11 is 2.03. The van der Waals surface area contributed by atoms with Crippen LogP contribution in [-0.2, 0) is 9.47 Å². The van der Waals surface area contributed by atoms with Crippen LogP contribution in [0.3, 0.4) is 0 Å². The van der Waals surface area contributed by atoms with E-state index in [1.54, 1.807) is 12.1 Å². The molecule has 0 aliphatic carbocycles. The third kappa shape index (κ3) is 4.10. The molecule has 0 aliphatic heterocycles. The van der Waals surface area contributed by atoms with Crippen molar-refractivity contribution in [2.45, 2.75) is 6.29 Å². The molecule has 1 rings (SSSR count). The van der Waals surface area contributed by atoms with Crippen molar-refractivity contribution in [2.75, 3.05) is 26.1 Å². The number of nitro benzene ring substituents is 1. The molecular formula is C10H13IN2O4. The number of hydrogen-bond acceptors (Lipinski definition) is 5. The Morgan fingerprint density at radius 2 is 2.12 bits per heavy atom. The van der Waals surface area contributed by atoms with Gasteiger partial charge in [0.15, 0.2) is 6.29 Å². The van der Waals surface area contributed by atoms with Crippen molar-refractivity contribution in [1.29, 1.82) is 0 Å². The van der Waals surface area contributed by atoms with E-state index in [1.165, 1.54) is 20.3 Å². The summed E-state index contributed by atoms with van der Waals surface area (Å²) in [7, 11) is 3.02. The fraction of sp³-hybridized carbons (Fsp3) is 0.400. The van der Waals surface area contributed by atoms with E-state index in [2.05, 4.69) is 5.32 Å². The van der Waals surface area contributed by atoms with Gasteiger partial charge in [-0.1, -0.05) is 0 Å². The van der Waals surface area contributed by atoms with Crippen LogP contribution in [0.4, 0.5) is 11.4 Å². The van der Waals surface area contributed by atoms with Gasteiger partial charge in [0.25, 0.3) is 5.69 Å². The van der Waals surface area contributed by atoms with Crippen LogP contribution in [0.15, 0.2) is 18.2 Å². The summed E-state index contributed by atoms with van der Waals surface area (Å²) in [5, 5.41) is 13.8. The van der Waals surface area contributed by atoms with Crippen LogP contribution >= 0.6 is 22.6 Å². The smallest absolute Gasteiger partial charge is 0.293 e. The molecule has 17 heavy (non-hydrogen) atoms. The van der Waals surface area contributed by atoms with E-state index >= 15 is 0 Å². The Hall–Kier alpha value is -0.930. The monoisotopic (exact) mass is 352 g/mol. The molecule has 0 saturated carbocycles. The minimum absolute atomic E-state index is 0.0443. The maximum atomic E-state index is 10.9. The standard InChI is InChI=1S/C10H13IN2O4/c1-16-10(17-2)6-12-8-4-3-7(11)5-9(8)13(14)15/h3-5,10,12H,6H2,1-2H3. The zero-order valence-electron chi connectivity index (χ0n) is 9.47. The van der Waals surface area contributed by atoms with Gasteiger partial charge in [-0.15, -0.1) is 0 Å². The first-order chi connectivity index (χ1) is 8.08. The molecule has 0 radical (unpaired) electrons. The molecule has 0 amide bonds. The highest BCUT2D eigenvalue weighted by atomic mass is 127. The Labute approximate surface area is 113 Å². The second-order valence-electron chi connectivity index (χ2n) is 3.20. The molecule has 1 aromatic rings. The first-order valence-corrected chi connectivity index (χ1v) is 5.89. The molecule has 0 fully saturated rings. The predicted molar refractivity (Wildman–Crippen MR) is 72.1 cm³/mol. The Morgan fingerprint density at radius 1 is 1.47 bits per heavy atom. The number of rotatable bonds is 6. The van der Waals surface area contributed by atoms with Crippen molar-refractivity contribution in [1.82, 2.24) is 0 Å². The van der Waals surface area contributed by atoms with Gasteiger partial charge in [0.1, 0.15) is 5.69 Å². The maximum Gasteiger partial charge on any atom is 0.293 e. The third-order valence-corrected chi connectivity index (χ3v) is 2.81. The van der Waals surface area contributed by atoms with Crippen molar-refractivity contribution >= 4 is 34.0 Å². The third-order valence-electron chi connectivity index (χ3n) is 2.14. The minimum Gasteiger partial charge on any atom is -0.374 e. The van der Waals surface area contributed by atoms with Gasteiger partial charge in [0, 0.05) is 23.9 Å². The Balaban J connectivity index is 2.80. The first kappa shape index (κ1) is 14.1. The highest BCUT2D eigenvalue weighted by Crippen LogP contribution is 2.26. The molecule has 6 nitrogen and oxygen atoms in total. The molecule has 0 saturated heterocycles. The Bertz CT molecular complexity index is 396. The summed E-state index contributed by atoms with van der Waals surface area (Å²) in [6.07, 6.45) is -0.436. The molecule has 0 atom stereocenters. The number of nitrogens with zero attached hydrogens (tertiary/aromatic N) is 1. The van der Waals surface area contributed by atoms with Gasteiger partial charge in [-0.25, -0.2) is 0 Å². The van der Waals surface area contributed by atoms with Crippen LogP contribution in [-0.4, -0.2) is 32.0 Å². The molecule has 0 aromatic heterocycles. The lowest BCUT2D eigenvalue weighted by atomic mass is 10.2. The lowest BCUT2D eigenvalue weighted by molar-refractivity contribution is -0.384. The molecule has 0 spiro atoms. The van der Waals surface area contributed by atoms with Crippen molar-refractivity contribution in [3.8, 4) is 0 Å². The lowest BCUT2D eigenvalue weighted by Crippen LogP contribution is -2.23. The van der Waals surface area contributed by atoms with Crippen LogP contribution < -0.4 is 5.32 Å². The van der Waals surface area contributed by atoms with Gasteiger partial charge in [-0.2, -0.15) is 0 Å². The fourth-order valence-corrected chi connectivity index (χ4v) is 1.74. The van der Waals surface area contributed by atoms with Crippen LogP contribution in [0.5, 0.6) is 0 Å². The summed E-state index contributed by atoms with van der Waals surface area (Å²) in [6.45, 7) is 0.342. The number of benzene rings is 1. The van der Waals surface area contributed by atoms with Gasteiger partial charge in [-0.3, -0.25) is 10.1 Å². The fourth-order valence-electron chi connectivity index (χ4n) is 1.26. The van der Waals surface area contributed by atoms with Crippen molar-refractivity contribution < 1.29 is 14.4 Å². The first-order valence-electron chi connectivity index (χ1n) is 4.82. The summed E-state index contributed by atoms with van der Waals surface area (Å²) < 4.78 is 10.8. The number of anilines is 1. The SMILES string of the molecule is COC(CNc1ccc(I)cc1[N+](=O)[O-])OC. The van der Waals surface area contributed by atoms with Gasteiger partial charge in [0.2, 0.25) is 0 Å². The second-order valence-corrected chi connectivity index (χ2v) is 4.45. The highest BCUT2D eigenvalue weighted by molar-refractivity contribution is 14.1. The molecule has 0 unspecified atom stereocenters. The highest BCUT2D eigenvalue weighted by Gasteiger charge is 2.15. The van der Waals surface area contributed by atoms with Crippen molar-refractivity contribution in [2.24, 2.45) is 0 Å². The summed E-state index contributed by atoms with van der Waals surface area (Å²) in [5.74, 6) is 0. The lowest BCUT2D eigenvalue weighted by Gasteiger charge is -2.14. The van der Waals surface area contributed by atoms with E-state index in [1.807, 2.05) is 22.6 Å². The van der Waals surface area contributed by atoms with E-state index in [4.69, 9.17) is 9.47 Å². The molecule has 0 aliphatic rings. The summed E-state index contributed by atoms with van der Waals surface area (Å²) in [4.78, 5) is 10.4. The number of nitro groups is 1. The van der Waals surface area contributed by atoms with Crippen molar-refractivity contribution in [3.63, 3.8) is 0 Å². The number of methoxy groups -OCH3 is 2. The maximum absolute atomic E-state index is 10.9. The van der Waals surface area contributed by atoms with Gasteiger partial charge in [-0.05, 0) is 34.7 Å². The molecule has 0 heterocycles. The van der Waals surface area contributed by atoms with E-state index in [-0.39, 0.29) is 5.69 Å².